The van der Waals surface area contributed by atoms with Gasteiger partial charge in [-0.2, -0.15) is 0 Å². The summed E-state index contributed by atoms with van der Waals surface area (Å²) in [5, 5.41) is 0. The monoisotopic (exact) mass is 304 g/mol. The van der Waals surface area contributed by atoms with Crippen LogP contribution in [-0.2, 0) is 5.88 Å². The van der Waals surface area contributed by atoms with E-state index in [0.29, 0.717) is 5.69 Å². The molecule has 1 aromatic carbocycles. The first kappa shape index (κ1) is 14.4. The average molecular weight is 305 g/mol. The smallest absolute Gasteiger partial charge is 0.434 e. The van der Waals surface area contributed by atoms with Crippen LogP contribution in [0.1, 0.15) is 5.69 Å². The van der Waals surface area contributed by atoms with Crippen LogP contribution in [0.25, 0.3) is 0 Å². The molecule has 0 amide bonds. The summed E-state index contributed by atoms with van der Waals surface area (Å²) < 4.78 is 45.8. The number of hydrogen-bond donors (Lipinski definition) is 0. The number of nitrogens with zero attached hydrogens (tertiary/aromatic N) is 2. The number of para-hydroxylation sites is 2. The fourth-order valence-corrected chi connectivity index (χ4v) is 1.46. The second kappa shape index (κ2) is 5.96. The minimum Gasteiger partial charge on any atom is -0.434 e. The fourth-order valence-electron chi connectivity index (χ4n) is 1.32. The maximum Gasteiger partial charge on any atom is 0.573 e. The zero-order valence-electron chi connectivity index (χ0n) is 9.89. The fraction of sp³-hybridized carbons (Fsp3) is 0.167. The van der Waals surface area contributed by atoms with Gasteiger partial charge >= 0.3 is 6.36 Å². The van der Waals surface area contributed by atoms with Gasteiger partial charge in [0.05, 0.1) is 24.0 Å². The van der Waals surface area contributed by atoms with E-state index in [0.717, 1.165) is 6.07 Å². The van der Waals surface area contributed by atoms with Gasteiger partial charge in [-0.05, 0) is 12.1 Å². The van der Waals surface area contributed by atoms with Crippen molar-refractivity contribution < 1.29 is 22.6 Å². The second-order valence-corrected chi connectivity index (χ2v) is 3.84. The van der Waals surface area contributed by atoms with Gasteiger partial charge in [0.1, 0.15) is 0 Å². The maximum atomic E-state index is 12.2. The molecule has 4 nitrogen and oxygen atoms in total. The number of alkyl halides is 4. The number of aromatic nitrogens is 2. The summed E-state index contributed by atoms with van der Waals surface area (Å²) in [4.78, 5) is 7.79. The molecule has 8 heteroatoms. The third-order valence-corrected chi connectivity index (χ3v) is 2.38. The topological polar surface area (TPSA) is 44.2 Å². The predicted molar refractivity (Wildman–Crippen MR) is 64.8 cm³/mol. The van der Waals surface area contributed by atoms with Gasteiger partial charge in [-0.25, -0.2) is 4.98 Å². The Kier molecular flexibility index (Phi) is 4.29. The molecule has 20 heavy (non-hydrogen) atoms. The molecule has 0 radical (unpaired) electrons. The molecular formula is C12H8ClF3N2O2. The van der Waals surface area contributed by atoms with Gasteiger partial charge in [0.25, 0.3) is 0 Å². The first-order chi connectivity index (χ1) is 9.48. The molecule has 0 atom stereocenters. The lowest BCUT2D eigenvalue weighted by molar-refractivity contribution is -0.275. The minimum atomic E-state index is -4.80. The quantitative estimate of drug-likeness (QED) is 0.803. The standard InChI is InChI=1S/C12H8ClF3N2O2/c13-5-8-6-18-11(7-17-8)19-9-3-1-2-4-10(9)20-12(14,15)16/h1-4,6-7H,5H2. The normalized spacial score (nSPS) is 11.2. The molecule has 0 unspecified atom stereocenters. The van der Waals surface area contributed by atoms with E-state index in [1.165, 1.54) is 30.6 Å². The van der Waals surface area contributed by atoms with E-state index in [1.807, 2.05) is 0 Å². The molecule has 0 saturated heterocycles. The zero-order valence-corrected chi connectivity index (χ0v) is 10.6. The largest absolute Gasteiger partial charge is 0.573 e. The summed E-state index contributed by atoms with van der Waals surface area (Å²) in [6.45, 7) is 0. The lowest BCUT2D eigenvalue weighted by Gasteiger charge is -2.13. The van der Waals surface area contributed by atoms with Crippen molar-refractivity contribution in [1.82, 2.24) is 9.97 Å². The number of rotatable bonds is 4. The number of hydrogen-bond acceptors (Lipinski definition) is 4. The highest BCUT2D eigenvalue weighted by Crippen LogP contribution is 2.34. The Hall–Kier alpha value is -2.02. The Balaban J connectivity index is 2.19. The Bertz CT molecular complexity index is 576. The third-order valence-electron chi connectivity index (χ3n) is 2.11. The van der Waals surface area contributed by atoms with Crippen LogP contribution in [0.2, 0.25) is 0 Å². The number of benzene rings is 1. The molecule has 106 valence electrons. The molecule has 0 aliphatic heterocycles. The van der Waals surface area contributed by atoms with Crippen LogP contribution in [-0.4, -0.2) is 16.3 Å². The summed E-state index contributed by atoms with van der Waals surface area (Å²) in [6, 6.07) is 5.39. The van der Waals surface area contributed by atoms with Crippen LogP contribution in [0.3, 0.4) is 0 Å². The summed E-state index contributed by atoms with van der Waals surface area (Å²) in [5.41, 5.74) is 0.527. The maximum absolute atomic E-state index is 12.2. The first-order valence-corrected chi connectivity index (χ1v) is 5.91. The van der Waals surface area contributed by atoms with Gasteiger partial charge in [0.2, 0.25) is 5.88 Å². The molecule has 1 aromatic heterocycles. The van der Waals surface area contributed by atoms with Crippen molar-refractivity contribution in [3.63, 3.8) is 0 Å². The molecule has 0 fully saturated rings. The molecule has 0 aliphatic rings. The van der Waals surface area contributed by atoms with Crippen LogP contribution in [0.4, 0.5) is 13.2 Å². The van der Waals surface area contributed by atoms with Crippen molar-refractivity contribution in [2.24, 2.45) is 0 Å². The van der Waals surface area contributed by atoms with E-state index in [4.69, 9.17) is 16.3 Å². The van der Waals surface area contributed by atoms with Crippen molar-refractivity contribution in [1.29, 1.82) is 0 Å². The molecule has 1 heterocycles. The van der Waals surface area contributed by atoms with E-state index >= 15 is 0 Å². The summed E-state index contributed by atoms with van der Waals surface area (Å²) in [5.74, 6) is -0.348. The molecule has 0 N–H and O–H groups in total. The molecule has 0 saturated carbocycles. The summed E-state index contributed by atoms with van der Waals surface area (Å²) in [6.07, 6.45) is -2.16. The van der Waals surface area contributed by atoms with Gasteiger partial charge in [0, 0.05) is 0 Å². The van der Waals surface area contributed by atoms with Crippen LogP contribution < -0.4 is 9.47 Å². The van der Waals surface area contributed by atoms with Crippen molar-refractivity contribution in [3.05, 3.63) is 42.4 Å². The Labute approximate surface area is 117 Å². The van der Waals surface area contributed by atoms with Gasteiger partial charge in [0.15, 0.2) is 11.5 Å². The predicted octanol–water partition coefficient (Wildman–Crippen LogP) is 3.91. The molecule has 2 aromatic rings. The highest BCUT2D eigenvalue weighted by atomic mass is 35.5. The Morgan fingerprint density at radius 2 is 1.75 bits per heavy atom. The summed E-state index contributed by atoms with van der Waals surface area (Å²) in [7, 11) is 0. The second-order valence-electron chi connectivity index (χ2n) is 3.58. The van der Waals surface area contributed by atoms with Crippen molar-refractivity contribution in [3.8, 4) is 17.4 Å². The molecular weight excluding hydrogens is 297 g/mol. The average Bonchev–Trinajstić information content (AvgIpc) is 2.40. The van der Waals surface area contributed by atoms with E-state index < -0.39 is 12.1 Å². The molecule has 0 spiro atoms. The van der Waals surface area contributed by atoms with E-state index in [1.54, 1.807) is 0 Å². The van der Waals surface area contributed by atoms with Crippen molar-refractivity contribution in [2.45, 2.75) is 12.2 Å². The summed E-state index contributed by atoms with van der Waals surface area (Å²) >= 11 is 5.55. The van der Waals surface area contributed by atoms with E-state index in [-0.39, 0.29) is 17.5 Å². The van der Waals surface area contributed by atoms with Crippen LogP contribution in [0, 0.1) is 0 Å². The van der Waals surface area contributed by atoms with Gasteiger partial charge in [-0.1, -0.05) is 12.1 Å². The minimum absolute atomic E-state index is 0.0390. The highest BCUT2D eigenvalue weighted by molar-refractivity contribution is 6.16. The van der Waals surface area contributed by atoms with E-state index in [2.05, 4.69) is 14.7 Å². The van der Waals surface area contributed by atoms with Gasteiger partial charge in [-0.15, -0.1) is 24.8 Å². The first-order valence-electron chi connectivity index (χ1n) is 5.37. The zero-order chi connectivity index (χ0) is 14.6. The van der Waals surface area contributed by atoms with Gasteiger partial charge in [-0.3, -0.25) is 4.98 Å². The lowest BCUT2D eigenvalue weighted by atomic mass is 10.3. The number of halogens is 4. The SMILES string of the molecule is FC(F)(F)Oc1ccccc1Oc1cnc(CCl)cn1. The Morgan fingerprint density at radius 1 is 1.05 bits per heavy atom. The van der Waals surface area contributed by atoms with E-state index in [9.17, 15) is 13.2 Å². The Morgan fingerprint density at radius 3 is 2.30 bits per heavy atom. The molecule has 0 bridgehead atoms. The molecule has 2 rings (SSSR count). The number of ether oxygens (including phenoxy) is 2. The van der Waals surface area contributed by atoms with Crippen LogP contribution in [0.5, 0.6) is 17.4 Å². The molecule has 0 aliphatic carbocycles. The highest BCUT2D eigenvalue weighted by Gasteiger charge is 2.32. The van der Waals surface area contributed by atoms with Gasteiger partial charge < -0.3 is 9.47 Å². The lowest BCUT2D eigenvalue weighted by Crippen LogP contribution is -2.17. The van der Waals surface area contributed by atoms with Crippen LogP contribution in [0.15, 0.2) is 36.7 Å². The third kappa shape index (κ3) is 3.99. The van der Waals surface area contributed by atoms with Crippen molar-refractivity contribution >= 4 is 11.6 Å². The van der Waals surface area contributed by atoms with Crippen LogP contribution >= 0.6 is 11.6 Å². The van der Waals surface area contributed by atoms with Crippen molar-refractivity contribution in [2.75, 3.05) is 0 Å².